The van der Waals surface area contributed by atoms with Gasteiger partial charge in [0.05, 0.1) is 21.2 Å². The van der Waals surface area contributed by atoms with E-state index in [0.717, 1.165) is 0 Å². The first-order chi connectivity index (χ1) is 17.6. The van der Waals surface area contributed by atoms with Crippen LogP contribution in [0, 0.1) is 4.91 Å². The molecule has 0 heterocycles. The second-order valence-corrected chi connectivity index (χ2v) is 11.8. The number of nitrogens with one attached hydrogen (secondary N) is 2. The van der Waals surface area contributed by atoms with Gasteiger partial charge in [-0.3, -0.25) is 9.44 Å². The zero-order valence-electron chi connectivity index (χ0n) is 19.0. The molecule has 12 heteroatoms. The topological polar surface area (TPSA) is 168 Å². The lowest BCUT2D eigenvalue weighted by Gasteiger charge is -2.11. The quantitative estimate of drug-likeness (QED) is 0.200. The summed E-state index contributed by atoms with van der Waals surface area (Å²) in [5, 5.41) is 12.8. The van der Waals surface area contributed by atoms with Gasteiger partial charge in [-0.1, -0.05) is 29.4 Å². The largest absolute Gasteiger partial charge is 0.508 e. The Morgan fingerprint density at radius 2 is 1.22 bits per heavy atom. The van der Waals surface area contributed by atoms with Crippen molar-refractivity contribution in [3.63, 3.8) is 0 Å². The van der Waals surface area contributed by atoms with Crippen LogP contribution < -0.4 is 15.2 Å². The fourth-order valence-electron chi connectivity index (χ4n) is 4.24. The molecule has 0 aromatic heterocycles. The van der Waals surface area contributed by atoms with E-state index in [-0.39, 0.29) is 26.9 Å². The number of hydrogen-bond donors (Lipinski definition) is 4. The van der Waals surface area contributed by atoms with Gasteiger partial charge in [0.1, 0.15) is 11.8 Å². The SMILES string of the molecule is Nc1cccc(NS(=O)(=O)c2ccc3c(c2)C(N=O)c2cc(S(=O)(=O)Nc4cccc(O)c4)ccc2-3)c1. The number of hydrogen-bond acceptors (Lipinski definition) is 8. The van der Waals surface area contributed by atoms with Crippen LogP contribution in [-0.4, -0.2) is 21.9 Å². The van der Waals surface area contributed by atoms with Crippen molar-refractivity contribution in [2.75, 3.05) is 15.2 Å². The van der Waals surface area contributed by atoms with Crippen molar-refractivity contribution in [1.29, 1.82) is 0 Å². The van der Waals surface area contributed by atoms with Gasteiger partial charge >= 0.3 is 0 Å². The molecule has 0 aliphatic heterocycles. The highest BCUT2D eigenvalue weighted by atomic mass is 32.2. The Kier molecular flexibility index (Phi) is 5.85. The fraction of sp³-hybridized carbons (Fsp3) is 0.0400. The highest BCUT2D eigenvalue weighted by Crippen LogP contribution is 2.47. The molecule has 4 aromatic carbocycles. The molecule has 0 radical (unpaired) electrons. The highest BCUT2D eigenvalue weighted by molar-refractivity contribution is 7.93. The first kappa shape index (κ1) is 24.3. The minimum atomic E-state index is -4.06. The maximum atomic E-state index is 13.0. The van der Waals surface area contributed by atoms with Gasteiger partial charge in [-0.15, -0.1) is 4.91 Å². The van der Waals surface area contributed by atoms with Crippen LogP contribution in [0.25, 0.3) is 11.1 Å². The van der Waals surface area contributed by atoms with Gasteiger partial charge in [0.25, 0.3) is 20.0 Å². The molecule has 10 nitrogen and oxygen atoms in total. The third-order valence-electron chi connectivity index (χ3n) is 5.89. The third kappa shape index (κ3) is 4.59. The molecular weight excluding hydrogens is 516 g/mol. The summed E-state index contributed by atoms with van der Waals surface area (Å²) in [6.07, 6.45) is 0. The lowest BCUT2D eigenvalue weighted by Crippen LogP contribution is -2.13. The first-order valence-corrected chi connectivity index (χ1v) is 13.8. The number of sulfonamides is 2. The van der Waals surface area contributed by atoms with Crippen LogP contribution in [0.4, 0.5) is 17.1 Å². The number of anilines is 3. The summed E-state index contributed by atoms with van der Waals surface area (Å²) in [4.78, 5) is 11.7. The molecule has 0 spiro atoms. The Morgan fingerprint density at radius 3 is 1.70 bits per heavy atom. The number of nitroso groups, excluding NO2 is 1. The molecular formula is C25H20N4O6S2. The molecule has 0 bridgehead atoms. The van der Waals surface area contributed by atoms with Gasteiger partial charge in [-0.05, 0) is 76.9 Å². The predicted molar refractivity (Wildman–Crippen MR) is 140 cm³/mol. The van der Waals surface area contributed by atoms with Crippen molar-refractivity contribution < 1.29 is 21.9 Å². The van der Waals surface area contributed by atoms with Crippen LogP contribution in [0.2, 0.25) is 0 Å². The zero-order valence-corrected chi connectivity index (χ0v) is 20.6. The Morgan fingerprint density at radius 1 is 0.703 bits per heavy atom. The maximum absolute atomic E-state index is 13.0. The minimum Gasteiger partial charge on any atom is -0.508 e. The van der Waals surface area contributed by atoms with Gasteiger partial charge in [0, 0.05) is 11.8 Å². The van der Waals surface area contributed by atoms with Crippen LogP contribution >= 0.6 is 0 Å². The second-order valence-electron chi connectivity index (χ2n) is 8.39. The van der Waals surface area contributed by atoms with E-state index < -0.39 is 26.1 Å². The monoisotopic (exact) mass is 536 g/mol. The number of nitrogen functional groups attached to an aromatic ring is 1. The summed E-state index contributed by atoms with van der Waals surface area (Å²) in [7, 11) is -8.08. The average molecular weight is 537 g/mol. The van der Waals surface area contributed by atoms with Gasteiger partial charge < -0.3 is 10.8 Å². The maximum Gasteiger partial charge on any atom is 0.261 e. The van der Waals surface area contributed by atoms with Crippen LogP contribution in [-0.2, 0) is 20.0 Å². The smallest absolute Gasteiger partial charge is 0.261 e. The zero-order chi connectivity index (χ0) is 26.4. The first-order valence-electron chi connectivity index (χ1n) is 10.9. The molecule has 5 rings (SSSR count). The van der Waals surface area contributed by atoms with Crippen LogP contribution in [0.1, 0.15) is 17.2 Å². The van der Waals surface area contributed by atoms with E-state index in [1.807, 2.05) is 0 Å². The van der Waals surface area contributed by atoms with Gasteiger partial charge in [-0.2, -0.15) is 0 Å². The van der Waals surface area contributed by atoms with Crippen LogP contribution in [0.5, 0.6) is 5.75 Å². The van der Waals surface area contributed by atoms with E-state index in [9.17, 15) is 26.8 Å². The molecule has 5 N–H and O–H groups in total. The number of phenolic OH excluding ortho intramolecular Hbond substituents is 1. The molecule has 0 fully saturated rings. The number of nitrogens with zero attached hydrogens (tertiary/aromatic N) is 1. The summed E-state index contributed by atoms with van der Waals surface area (Å²) < 4.78 is 56.8. The Labute approximate surface area is 212 Å². The minimum absolute atomic E-state index is 0.0893. The van der Waals surface area contributed by atoms with Gasteiger partial charge in [0.15, 0.2) is 0 Å². The van der Waals surface area contributed by atoms with Crippen molar-refractivity contribution in [3.05, 3.63) is 101 Å². The molecule has 1 unspecified atom stereocenters. The van der Waals surface area contributed by atoms with Gasteiger partial charge in [0.2, 0.25) is 0 Å². The van der Waals surface area contributed by atoms with E-state index >= 15 is 0 Å². The number of phenols is 1. The fourth-order valence-corrected chi connectivity index (χ4v) is 6.41. The van der Waals surface area contributed by atoms with Crippen molar-refractivity contribution in [2.45, 2.75) is 15.8 Å². The number of rotatable bonds is 7. The number of nitrogens with two attached hydrogens (primary N) is 1. The van der Waals surface area contributed by atoms with Crippen LogP contribution in [0.3, 0.4) is 0 Å². The molecule has 0 amide bonds. The van der Waals surface area contributed by atoms with Crippen LogP contribution in [0.15, 0.2) is 99.9 Å². The Bertz CT molecular complexity index is 1640. The molecule has 37 heavy (non-hydrogen) atoms. The number of benzene rings is 4. The predicted octanol–water partition coefficient (Wildman–Crippen LogP) is 4.41. The molecule has 188 valence electrons. The molecule has 1 aliphatic rings. The van der Waals surface area contributed by atoms with Crippen molar-refractivity contribution in [1.82, 2.24) is 0 Å². The van der Waals surface area contributed by atoms with E-state index in [1.165, 1.54) is 54.6 Å². The summed E-state index contributed by atoms with van der Waals surface area (Å²) in [5.41, 5.74) is 8.39. The number of aromatic hydroxyl groups is 1. The summed E-state index contributed by atoms with van der Waals surface area (Å²) in [6.45, 7) is 0. The molecule has 1 atom stereocenters. The van der Waals surface area contributed by atoms with E-state index in [1.54, 1.807) is 30.3 Å². The summed E-state index contributed by atoms with van der Waals surface area (Å²) in [5.74, 6) is -0.106. The standard InChI is InChI=1S/C25H20N4O6S2/c26-15-3-1-4-16(11-15)28-36(32,33)19-7-9-21-22-10-8-20(14-24(22)25(27-31)23(21)13-19)37(34,35)29-17-5-2-6-18(30)12-17/h1-14,25,28-30H,26H2. The Balaban J connectivity index is 1.49. The van der Waals surface area contributed by atoms with Crippen molar-refractivity contribution in [3.8, 4) is 16.9 Å². The molecule has 0 saturated carbocycles. The Hall–Kier alpha value is -4.42. The van der Waals surface area contributed by atoms with Crippen molar-refractivity contribution in [2.24, 2.45) is 5.18 Å². The highest BCUT2D eigenvalue weighted by Gasteiger charge is 2.33. The lowest BCUT2D eigenvalue weighted by atomic mass is 10.1. The molecule has 1 aliphatic carbocycles. The number of fused-ring (bicyclic) bond motifs is 3. The molecule has 0 saturated heterocycles. The second kappa shape index (κ2) is 8.91. The molecule has 4 aromatic rings. The van der Waals surface area contributed by atoms with Crippen molar-refractivity contribution >= 4 is 37.1 Å². The summed E-state index contributed by atoms with van der Waals surface area (Å²) >= 11 is 0. The normalized spacial score (nSPS) is 14.4. The van der Waals surface area contributed by atoms with E-state index in [4.69, 9.17) is 5.73 Å². The average Bonchev–Trinajstić information content (AvgIpc) is 3.16. The lowest BCUT2D eigenvalue weighted by molar-refractivity contribution is 0.475. The van der Waals surface area contributed by atoms with E-state index in [2.05, 4.69) is 14.6 Å². The summed E-state index contributed by atoms with van der Waals surface area (Å²) in [6, 6.07) is 19.4. The third-order valence-corrected chi connectivity index (χ3v) is 8.65. The van der Waals surface area contributed by atoms with E-state index in [0.29, 0.717) is 27.9 Å². The van der Waals surface area contributed by atoms with Gasteiger partial charge in [-0.25, -0.2) is 16.8 Å².